The topological polar surface area (TPSA) is 65.4 Å². The van der Waals surface area contributed by atoms with Crippen LogP contribution in [0.25, 0.3) is 5.69 Å². The Bertz CT molecular complexity index is 936. The van der Waals surface area contributed by atoms with Crippen LogP contribution in [0.5, 0.6) is 11.5 Å². The molecule has 0 aliphatic carbocycles. The first-order valence-corrected chi connectivity index (χ1v) is 8.25. The van der Waals surface area contributed by atoms with E-state index < -0.39 is 0 Å². The number of hydrogen-bond donors (Lipinski definition) is 1. The third-order valence-corrected chi connectivity index (χ3v) is 4.29. The smallest absolute Gasteiger partial charge is 0.276 e. The number of rotatable bonds is 5. The monoisotopic (exact) mass is 371 g/mol. The highest BCUT2D eigenvalue weighted by molar-refractivity contribution is 6.31. The van der Waals surface area contributed by atoms with Crippen molar-refractivity contribution in [1.82, 2.24) is 9.78 Å². The average Bonchev–Trinajstić information content (AvgIpc) is 3.15. The lowest BCUT2D eigenvalue weighted by Crippen LogP contribution is -2.14. The second kappa shape index (κ2) is 7.49. The van der Waals surface area contributed by atoms with Gasteiger partial charge in [0.2, 0.25) is 0 Å². The fourth-order valence-corrected chi connectivity index (χ4v) is 2.59. The number of amides is 1. The second-order valence-corrected chi connectivity index (χ2v) is 6.01. The van der Waals surface area contributed by atoms with Crippen LogP contribution in [0.4, 0.5) is 5.69 Å². The molecule has 26 heavy (non-hydrogen) atoms. The predicted octanol–water partition coefficient (Wildman–Crippen LogP) is 4.10. The highest BCUT2D eigenvalue weighted by Crippen LogP contribution is 2.31. The van der Waals surface area contributed by atoms with Crippen LogP contribution in [0.1, 0.15) is 16.1 Å². The molecule has 6 nitrogen and oxygen atoms in total. The maximum atomic E-state index is 12.5. The van der Waals surface area contributed by atoms with Crippen molar-refractivity contribution in [3.8, 4) is 17.2 Å². The highest BCUT2D eigenvalue weighted by atomic mass is 35.5. The molecule has 1 heterocycles. The molecular formula is C19H18ClN3O3. The first kappa shape index (κ1) is 17.8. The minimum atomic E-state index is -0.336. The van der Waals surface area contributed by atoms with E-state index in [0.717, 1.165) is 17.0 Å². The number of methoxy groups -OCH3 is 2. The van der Waals surface area contributed by atoms with Crippen LogP contribution < -0.4 is 14.8 Å². The van der Waals surface area contributed by atoms with E-state index >= 15 is 0 Å². The van der Waals surface area contributed by atoms with E-state index in [4.69, 9.17) is 21.1 Å². The van der Waals surface area contributed by atoms with Crippen molar-refractivity contribution in [2.24, 2.45) is 0 Å². The lowest BCUT2D eigenvalue weighted by Gasteiger charge is -2.11. The van der Waals surface area contributed by atoms with E-state index in [1.54, 1.807) is 36.2 Å². The molecule has 0 bridgehead atoms. The molecule has 0 atom stereocenters. The van der Waals surface area contributed by atoms with Crippen LogP contribution in [0.2, 0.25) is 5.02 Å². The van der Waals surface area contributed by atoms with Crippen molar-refractivity contribution in [3.63, 3.8) is 0 Å². The quantitative estimate of drug-likeness (QED) is 0.733. The van der Waals surface area contributed by atoms with Gasteiger partial charge in [-0.25, -0.2) is 4.68 Å². The summed E-state index contributed by atoms with van der Waals surface area (Å²) in [4.78, 5) is 12.5. The van der Waals surface area contributed by atoms with Crippen molar-refractivity contribution in [3.05, 3.63) is 64.9 Å². The first-order chi connectivity index (χ1) is 12.5. The molecule has 0 saturated heterocycles. The van der Waals surface area contributed by atoms with Gasteiger partial charge in [-0.05, 0) is 48.9 Å². The van der Waals surface area contributed by atoms with E-state index in [-0.39, 0.29) is 11.6 Å². The molecule has 0 aliphatic rings. The van der Waals surface area contributed by atoms with Gasteiger partial charge in [0.25, 0.3) is 5.91 Å². The van der Waals surface area contributed by atoms with Gasteiger partial charge in [-0.15, -0.1) is 0 Å². The number of carbonyl (C=O) groups excluding carboxylic acids is 1. The summed E-state index contributed by atoms with van der Waals surface area (Å²) < 4.78 is 12.0. The van der Waals surface area contributed by atoms with Crippen molar-refractivity contribution >= 4 is 23.2 Å². The molecular weight excluding hydrogens is 354 g/mol. The normalized spacial score (nSPS) is 10.5. The largest absolute Gasteiger partial charge is 0.497 e. The number of aryl methyl sites for hydroxylation is 1. The van der Waals surface area contributed by atoms with E-state index in [9.17, 15) is 4.79 Å². The molecule has 1 aromatic heterocycles. The molecule has 0 aliphatic heterocycles. The number of benzene rings is 2. The molecule has 1 N–H and O–H groups in total. The Morgan fingerprint density at radius 3 is 2.50 bits per heavy atom. The van der Waals surface area contributed by atoms with Crippen LogP contribution in [-0.2, 0) is 0 Å². The standard InChI is InChI=1S/C19H18ClN3O3/c1-12-10-17(18(26-3)11-15(12)20)21-19(24)16-8-9-23(22-16)13-4-6-14(25-2)7-5-13/h4-11H,1-3H3,(H,21,24). The van der Waals surface area contributed by atoms with Crippen molar-refractivity contribution < 1.29 is 14.3 Å². The van der Waals surface area contributed by atoms with Gasteiger partial charge >= 0.3 is 0 Å². The molecule has 0 radical (unpaired) electrons. The van der Waals surface area contributed by atoms with Gasteiger partial charge in [-0.3, -0.25) is 4.79 Å². The molecule has 7 heteroatoms. The summed E-state index contributed by atoms with van der Waals surface area (Å²) in [6, 6.07) is 12.5. The summed E-state index contributed by atoms with van der Waals surface area (Å²) in [6.07, 6.45) is 1.72. The van der Waals surface area contributed by atoms with Crippen molar-refractivity contribution in [1.29, 1.82) is 0 Å². The molecule has 0 fully saturated rings. The minimum absolute atomic E-state index is 0.287. The van der Waals surface area contributed by atoms with Crippen LogP contribution in [0.3, 0.4) is 0 Å². The number of anilines is 1. The fourth-order valence-electron chi connectivity index (χ4n) is 2.44. The number of halogens is 1. The zero-order valence-electron chi connectivity index (χ0n) is 14.6. The minimum Gasteiger partial charge on any atom is -0.497 e. The number of hydrogen-bond acceptors (Lipinski definition) is 4. The Morgan fingerprint density at radius 2 is 1.85 bits per heavy atom. The number of carbonyl (C=O) groups is 1. The summed E-state index contributed by atoms with van der Waals surface area (Å²) in [5, 5.41) is 7.71. The third-order valence-electron chi connectivity index (χ3n) is 3.89. The molecule has 1 amide bonds. The Kier molecular flexibility index (Phi) is 5.14. The Morgan fingerprint density at radius 1 is 1.12 bits per heavy atom. The molecule has 2 aromatic carbocycles. The van der Waals surface area contributed by atoms with E-state index in [1.165, 1.54) is 7.11 Å². The summed E-state index contributed by atoms with van der Waals surface area (Å²) >= 11 is 6.09. The first-order valence-electron chi connectivity index (χ1n) is 7.87. The van der Waals surface area contributed by atoms with Gasteiger partial charge in [0.05, 0.1) is 25.6 Å². The SMILES string of the molecule is COc1ccc(-n2ccc(C(=O)Nc3cc(C)c(Cl)cc3OC)n2)cc1. The lowest BCUT2D eigenvalue weighted by molar-refractivity contribution is 0.102. The number of ether oxygens (including phenoxy) is 2. The van der Waals surface area contributed by atoms with Gasteiger partial charge in [-0.2, -0.15) is 5.10 Å². The van der Waals surface area contributed by atoms with Gasteiger partial charge < -0.3 is 14.8 Å². The maximum absolute atomic E-state index is 12.5. The number of nitrogens with one attached hydrogen (secondary N) is 1. The van der Waals surface area contributed by atoms with Gasteiger partial charge in [0, 0.05) is 17.3 Å². The summed E-state index contributed by atoms with van der Waals surface area (Å²) in [5.41, 5.74) is 2.49. The van der Waals surface area contributed by atoms with Crippen LogP contribution in [-0.4, -0.2) is 29.9 Å². The lowest BCUT2D eigenvalue weighted by atomic mass is 10.2. The Balaban J connectivity index is 1.81. The van der Waals surface area contributed by atoms with Gasteiger partial charge in [-0.1, -0.05) is 11.6 Å². The van der Waals surface area contributed by atoms with Gasteiger partial charge in [0.1, 0.15) is 11.5 Å². The molecule has 134 valence electrons. The number of nitrogens with zero attached hydrogens (tertiary/aromatic N) is 2. The highest BCUT2D eigenvalue weighted by Gasteiger charge is 2.14. The summed E-state index contributed by atoms with van der Waals surface area (Å²) in [7, 11) is 3.13. The van der Waals surface area contributed by atoms with Crippen molar-refractivity contribution in [2.75, 3.05) is 19.5 Å². The Labute approximate surface area is 156 Å². The molecule has 0 unspecified atom stereocenters. The average molecular weight is 372 g/mol. The van der Waals surface area contributed by atoms with E-state index in [2.05, 4.69) is 10.4 Å². The zero-order chi connectivity index (χ0) is 18.7. The van der Waals surface area contributed by atoms with Crippen LogP contribution in [0.15, 0.2) is 48.7 Å². The molecule has 3 aromatic rings. The predicted molar refractivity (Wildman–Crippen MR) is 101 cm³/mol. The van der Waals surface area contributed by atoms with Gasteiger partial charge in [0.15, 0.2) is 5.69 Å². The van der Waals surface area contributed by atoms with E-state index in [1.807, 2.05) is 31.2 Å². The maximum Gasteiger partial charge on any atom is 0.276 e. The zero-order valence-corrected chi connectivity index (χ0v) is 15.4. The second-order valence-electron chi connectivity index (χ2n) is 5.60. The summed E-state index contributed by atoms with van der Waals surface area (Å²) in [6.45, 7) is 1.86. The Hall–Kier alpha value is -2.99. The molecule has 3 rings (SSSR count). The summed E-state index contributed by atoms with van der Waals surface area (Å²) in [5.74, 6) is 0.907. The molecule has 0 saturated carbocycles. The van der Waals surface area contributed by atoms with E-state index in [0.29, 0.717) is 16.5 Å². The van der Waals surface area contributed by atoms with Crippen LogP contribution >= 0.6 is 11.6 Å². The molecule has 0 spiro atoms. The third kappa shape index (κ3) is 3.65. The fraction of sp³-hybridized carbons (Fsp3) is 0.158. The van der Waals surface area contributed by atoms with Crippen molar-refractivity contribution in [2.45, 2.75) is 6.92 Å². The number of aromatic nitrogens is 2. The van der Waals surface area contributed by atoms with Crippen LogP contribution in [0, 0.1) is 6.92 Å².